The van der Waals surface area contributed by atoms with Crippen LogP contribution in [0.15, 0.2) is 49.1 Å². The molecule has 0 unspecified atom stereocenters. The van der Waals surface area contributed by atoms with Crippen molar-refractivity contribution in [2.45, 2.75) is 12.8 Å². The molecule has 0 atom stereocenters. The molecular formula is C16H16N6. The lowest BCUT2D eigenvalue weighted by Crippen LogP contribution is -2.22. The summed E-state index contributed by atoms with van der Waals surface area (Å²) < 4.78 is 1.81. The van der Waals surface area contributed by atoms with Crippen molar-refractivity contribution < 1.29 is 0 Å². The molecule has 1 saturated heterocycles. The minimum absolute atomic E-state index is 0.605. The summed E-state index contributed by atoms with van der Waals surface area (Å²) in [6.07, 6.45) is 7.65. The highest BCUT2D eigenvalue weighted by Crippen LogP contribution is 2.21. The third-order valence-electron chi connectivity index (χ3n) is 3.77. The van der Waals surface area contributed by atoms with Gasteiger partial charge in [-0.05, 0) is 12.8 Å². The molecule has 0 saturated carbocycles. The van der Waals surface area contributed by atoms with Crippen LogP contribution in [0.1, 0.15) is 12.8 Å². The van der Waals surface area contributed by atoms with Gasteiger partial charge in [-0.15, -0.1) is 0 Å². The topological polar surface area (TPSA) is 59.7 Å². The van der Waals surface area contributed by atoms with Crippen molar-refractivity contribution in [1.82, 2.24) is 24.5 Å². The Hall–Kier alpha value is -2.76. The van der Waals surface area contributed by atoms with E-state index in [4.69, 9.17) is 0 Å². The van der Waals surface area contributed by atoms with Crippen LogP contribution >= 0.6 is 0 Å². The smallest absolute Gasteiger partial charge is 0.240 e. The largest absolute Gasteiger partial charge is 0.341 e. The Labute approximate surface area is 128 Å². The minimum Gasteiger partial charge on any atom is -0.341 e. The number of nitrogens with zero attached hydrogens (tertiary/aromatic N) is 6. The van der Waals surface area contributed by atoms with E-state index in [2.05, 4.69) is 24.8 Å². The van der Waals surface area contributed by atoms with Crippen molar-refractivity contribution >= 4 is 5.95 Å². The van der Waals surface area contributed by atoms with Crippen molar-refractivity contribution in [3.05, 3.63) is 49.1 Å². The molecule has 1 aliphatic rings. The summed E-state index contributed by atoms with van der Waals surface area (Å²) in [5.74, 6) is 2.05. The monoisotopic (exact) mass is 292 g/mol. The van der Waals surface area contributed by atoms with Gasteiger partial charge in [-0.25, -0.2) is 4.98 Å². The number of imidazole rings is 1. The fourth-order valence-corrected chi connectivity index (χ4v) is 2.62. The molecule has 0 N–H and O–H groups in total. The van der Waals surface area contributed by atoms with E-state index in [9.17, 15) is 0 Å². The third-order valence-corrected chi connectivity index (χ3v) is 3.77. The van der Waals surface area contributed by atoms with Gasteiger partial charge in [0.25, 0.3) is 0 Å². The number of rotatable bonds is 3. The molecule has 6 heteroatoms. The van der Waals surface area contributed by atoms with Gasteiger partial charge < -0.3 is 4.90 Å². The van der Waals surface area contributed by atoms with E-state index in [1.807, 2.05) is 41.1 Å². The van der Waals surface area contributed by atoms with Gasteiger partial charge in [0.05, 0.1) is 0 Å². The minimum atomic E-state index is 0.605. The number of aromatic nitrogens is 5. The first-order chi connectivity index (χ1) is 10.9. The van der Waals surface area contributed by atoms with E-state index >= 15 is 0 Å². The van der Waals surface area contributed by atoms with E-state index < -0.39 is 0 Å². The third kappa shape index (κ3) is 2.43. The van der Waals surface area contributed by atoms with E-state index in [1.54, 1.807) is 12.5 Å². The molecule has 0 bridgehead atoms. The quantitative estimate of drug-likeness (QED) is 0.741. The summed E-state index contributed by atoms with van der Waals surface area (Å²) in [7, 11) is 0. The summed E-state index contributed by atoms with van der Waals surface area (Å²) in [6.45, 7) is 2.00. The molecule has 1 fully saturated rings. The van der Waals surface area contributed by atoms with Gasteiger partial charge in [0.15, 0.2) is 5.82 Å². The second-order valence-electron chi connectivity index (χ2n) is 5.29. The van der Waals surface area contributed by atoms with Crippen LogP contribution in [0.2, 0.25) is 0 Å². The maximum absolute atomic E-state index is 4.67. The first-order valence-electron chi connectivity index (χ1n) is 7.45. The van der Waals surface area contributed by atoms with Gasteiger partial charge in [-0.2, -0.15) is 15.0 Å². The summed E-state index contributed by atoms with van der Waals surface area (Å²) in [5.41, 5.74) is 0.992. The van der Waals surface area contributed by atoms with Crippen LogP contribution < -0.4 is 4.90 Å². The molecule has 0 radical (unpaired) electrons. The van der Waals surface area contributed by atoms with Crippen LogP contribution in [0.3, 0.4) is 0 Å². The summed E-state index contributed by atoms with van der Waals surface area (Å²) >= 11 is 0. The Bertz CT molecular complexity index is 748. The predicted octanol–water partition coefficient (Wildman–Crippen LogP) is 2.32. The number of benzene rings is 1. The molecule has 0 amide bonds. The van der Waals surface area contributed by atoms with E-state index in [0.717, 1.165) is 24.6 Å². The lowest BCUT2D eigenvalue weighted by Gasteiger charge is -2.16. The second kappa shape index (κ2) is 5.55. The summed E-state index contributed by atoms with van der Waals surface area (Å²) in [4.78, 5) is 20.2. The summed E-state index contributed by atoms with van der Waals surface area (Å²) in [6, 6.07) is 10.0. The van der Waals surface area contributed by atoms with Crippen molar-refractivity contribution in [2.24, 2.45) is 0 Å². The molecule has 4 rings (SSSR count). The zero-order chi connectivity index (χ0) is 14.8. The van der Waals surface area contributed by atoms with Crippen LogP contribution in [-0.2, 0) is 0 Å². The molecule has 2 aromatic heterocycles. The van der Waals surface area contributed by atoms with Crippen LogP contribution in [0.4, 0.5) is 5.95 Å². The fraction of sp³-hybridized carbons (Fsp3) is 0.250. The highest BCUT2D eigenvalue weighted by atomic mass is 15.3. The SMILES string of the molecule is c1ccc(-c2nc(N3CCCC3)nc(-n3ccnc3)n2)cc1. The lowest BCUT2D eigenvalue weighted by atomic mass is 10.2. The van der Waals surface area contributed by atoms with Crippen LogP contribution in [0, 0.1) is 0 Å². The lowest BCUT2D eigenvalue weighted by molar-refractivity contribution is 0.841. The first kappa shape index (κ1) is 12.9. The van der Waals surface area contributed by atoms with E-state index in [0.29, 0.717) is 11.8 Å². The highest BCUT2D eigenvalue weighted by molar-refractivity contribution is 5.57. The van der Waals surface area contributed by atoms with Gasteiger partial charge in [0.2, 0.25) is 11.9 Å². The molecule has 6 nitrogen and oxygen atoms in total. The van der Waals surface area contributed by atoms with Gasteiger partial charge in [-0.3, -0.25) is 4.57 Å². The van der Waals surface area contributed by atoms with Crippen LogP contribution in [-0.4, -0.2) is 37.6 Å². The van der Waals surface area contributed by atoms with Crippen molar-refractivity contribution in [3.63, 3.8) is 0 Å². The Morgan fingerprint density at radius 2 is 1.64 bits per heavy atom. The zero-order valence-electron chi connectivity index (χ0n) is 12.1. The normalized spacial score (nSPS) is 14.5. The van der Waals surface area contributed by atoms with Crippen molar-refractivity contribution in [2.75, 3.05) is 18.0 Å². The Balaban J connectivity index is 1.83. The molecule has 0 spiro atoms. The van der Waals surface area contributed by atoms with Gasteiger partial charge in [-0.1, -0.05) is 30.3 Å². The molecule has 3 aromatic rings. The van der Waals surface area contributed by atoms with Crippen LogP contribution in [0.25, 0.3) is 17.3 Å². The second-order valence-corrected chi connectivity index (χ2v) is 5.29. The number of hydrogen-bond acceptors (Lipinski definition) is 5. The average Bonchev–Trinajstić information content (AvgIpc) is 3.29. The molecule has 1 aromatic carbocycles. The van der Waals surface area contributed by atoms with Crippen molar-refractivity contribution in [3.8, 4) is 17.3 Å². The Kier molecular flexibility index (Phi) is 3.27. The molecular weight excluding hydrogens is 276 g/mol. The van der Waals surface area contributed by atoms with Crippen molar-refractivity contribution in [1.29, 1.82) is 0 Å². The number of hydrogen-bond donors (Lipinski definition) is 0. The summed E-state index contributed by atoms with van der Waals surface area (Å²) in [5, 5.41) is 0. The van der Waals surface area contributed by atoms with Gasteiger partial charge in [0.1, 0.15) is 6.33 Å². The molecule has 22 heavy (non-hydrogen) atoms. The zero-order valence-corrected chi connectivity index (χ0v) is 12.1. The molecule has 110 valence electrons. The molecule has 3 heterocycles. The first-order valence-corrected chi connectivity index (χ1v) is 7.45. The predicted molar refractivity (Wildman–Crippen MR) is 83.8 cm³/mol. The van der Waals surface area contributed by atoms with Gasteiger partial charge in [0, 0.05) is 31.0 Å². The van der Waals surface area contributed by atoms with Crippen LogP contribution in [0.5, 0.6) is 0 Å². The Morgan fingerprint density at radius 1 is 0.864 bits per heavy atom. The maximum Gasteiger partial charge on any atom is 0.240 e. The van der Waals surface area contributed by atoms with E-state index in [-0.39, 0.29) is 0 Å². The number of anilines is 1. The Morgan fingerprint density at radius 3 is 2.36 bits per heavy atom. The molecule has 0 aliphatic carbocycles. The molecule has 1 aliphatic heterocycles. The standard InChI is InChI=1S/C16H16N6/c1-2-6-13(7-3-1)14-18-15(21-9-4-5-10-21)20-16(19-14)22-11-8-17-12-22/h1-3,6-8,11-12H,4-5,9-10H2. The van der Waals surface area contributed by atoms with E-state index in [1.165, 1.54) is 12.8 Å². The van der Waals surface area contributed by atoms with Gasteiger partial charge >= 0.3 is 0 Å². The highest BCUT2D eigenvalue weighted by Gasteiger charge is 2.18. The average molecular weight is 292 g/mol. The fourth-order valence-electron chi connectivity index (χ4n) is 2.62. The maximum atomic E-state index is 4.67.